The fourth-order valence-corrected chi connectivity index (χ4v) is 3.73. The van der Waals surface area contributed by atoms with Crippen molar-refractivity contribution in [3.8, 4) is 0 Å². The number of ether oxygens (including phenoxy) is 1. The molecule has 0 fully saturated rings. The third-order valence-electron chi connectivity index (χ3n) is 4.87. The van der Waals surface area contributed by atoms with Crippen LogP contribution in [0.15, 0.2) is 54.9 Å². The summed E-state index contributed by atoms with van der Waals surface area (Å²) in [5.41, 5.74) is 3.53. The highest BCUT2D eigenvalue weighted by Gasteiger charge is 2.33. The molecule has 2 aromatic heterocycles. The predicted octanol–water partition coefficient (Wildman–Crippen LogP) is 3.39. The number of esters is 1. The first kappa shape index (κ1) is 15.7. The quantitative estimate of drug-likeness (QED) is 0.688. The van der Waals surface area contributed by atoms with Gasteiger partial charge in [-0.25, -0.2) is 4.98 Å². The van der Waals surface area contributed by atoms with Crippen LogP contribution in [0.5, 0.6) is 0 Å². The van der Waals surface area contributed by atoms with Gasteiger partial charge in [-0.1, -0.05) is 30.3 Å². The molecule has 0 radical (unpaired) electrons. The van der Waals surface area contributed by atoms with E-state index in [2.05, 4.69) is 36.1 Å². The molecule has 25 heavy (non-hydrogen) atoms. The fraction of sp³-hybridized carbons (Fsp3) is 0.300. The Hall–Kier alpha value is -2.82. The summed E-state index contributed by atoms with van der Waals surface area (Å²) in [4.78, 5) is 18.4. The van der Waals surface area contributed by atoms with Crippen molar-refractivity contribution in [3.63, 3.8) is 0 Å². The normalized spacial score (nSPS) is 19.7. The van der Waals surface area contributed by atoms with Crippen LogP contribution in [0.4, 0.5) is 5.82 Å². The lowest BCUT2D eigenvalue weighted by Gasteiger charge is -2.41. The molecule has 0 spiro atoms. The Kier molecular flexibility index (Phi) is 3.92. The van der Waals surface area contributed by atoms with E-state index in [1.165, 1.54) is 18.1 Å². The van der Waals surface area contributed by atoms with Gasteiger partial charge in [-0.2, -0.15) is 0 Å². The predicted molar refractivity (Wildman–Crippen MR) is 96.7 cm³/mol. The van der Waals surface area contributed by atoms with E-state index in [0.717, 1.165) is 17.9 Å². The fourth-order valence-electron chi connectivity index (χ4n) is 3.73. The van der Waals surface area contributed by atoms with E-state index < -0.39 is 0 Å². The molecule has 0 amide bonds. The Morgan fingerprint density at radius 1 is 1.24 bits per heavy atom. The molecule has 0 aliphatic carbocycles. The van der Waals surface area contributed by atoms with Gasteiger partial charge in [0.1, 0.15) is 18.1 Å². The topological polar surface area (TPSA) is 46.8 Å². The molecule has 2 atom stereocenters. The Morgan fingerprint density at radius 3 is 2.84 bits per heavy atom. The summed E-state index contributed by atoms with van der Waals surface area (Å²) < 4.78 is 7.37. The number of imidazole rings is 1. The van der Waals surface area contributed by atoms with E-state index in [1.54, 1.807) is 0 Å². The van der Waals surface area contributed by atoms with Crippen molar-refractivity contribution in [2.75, 3.05) is 11.5 Å². The number of fused-ring (bicyclic) bond motifs is 2. The van der Waals surface area contributed by atoms with Crippen LogP contribution in [-0.4, -0.2) is 28.0 Å². The molecular weight excluding hydrogens is 314 g/mol. The summed E-state index contributed by atoms with van der Waals surface area (Å²) in [5.74, 6) is 0.659. The number of nitrogens with zero attached hydrogens (tertiary/aromatic N) is 3. The Bertz CT molecular complexity index is 885. The Balaban J connectivity index is 1.76. The van der Waals surface area contributed by atoms with E-state index >= 15 is 0 Å². The van der Waals surface area contributed by atoms with Crippen molar-refractivity contribution in [1.82, 2.24) is 9.38 Å². The first-order valence-corrected chi connectivity index (χ1v) is 8.56. The first-order valence-electron chi connectivity index (χ1n) is 8.56. The van der Waals surface area contributed by atoms with Crippen LogP contribution in [0, 0.1) is 0 Å². The summed E-state index contributed by atoms with van der Waals surface area (Å²) in [7, 11) is 0. The molecule has 5 heteroatoms. The van der Waals surface area contributed by atoms with E-state index in [9.17, 15) is 4.79 Å². The largest absolute Gasteiger partial charge is 0.464 e. The molecule has 0 saturated carbocycles. The van der Waals surface area contributed by atoms with Crippen molar-refractivity contribution >= 4 is 17.4 Å². The molecule has 5 nitrogen and oxygen atoms in total. The highest BCUT2D eigenvalue weighted by atomic mass is 16.5. The lowest BCUT2D eigenvalue weighted by atomic mass is 9.89. The standard InChI is InChI=1S/C20H21N3O2/c1-14-18-8-4-3-7-16(18)11-17(13-25-15(2)24)23(14)20-12-22-10-6-5-9-19(22)21-20/h3-10,12,14,17H,11,13H2,1-2H3. The van der Waals surface area contributed by atoms with Crippen molar-refractivity contribution in [2.24, 2.45) is 0 Å². The molecular formula is C20H21N3O2. The summed E-state index contributed by atoms with van der Waals surface area (Å²) in [5, 5.41) is 0. The first-order chi connectivity index (χ1) is 12.1. The number of carbonyl (C=O) groups is 1. The van der Waals surface area contributed by atoms with E-state index in [-0.39, 0.29) is 18.1 Å². The van der Waals surface area contributed by atoms with Gasteiger partial charge in [0.25, 0.3) is 0 Å². The summed E-state index contributed by atoms with van der Waals surface area (Å²) in [6.45, 7) is 4.00. The number of rotatable bonds is 3. The van der Waals surface area contributed by atoms with Crippen molar-refractivity contribution < 1.29 is 9.53 Å². The van der Waals surface area contributed by atoms with Crippen molar-refractivity contribution in [1.29, 1.82) is 0 Å². The molecule has 0 N–H and O–H groups in total. The van der Waals surface area contributed by atoms with E-state index in [0.29, 0.717) is 6.61 Å². The van der Waals surface area contributed by atoms with Crippen LogP contribution in [0.2, 0.25) is 0 Å². The SMILES string of the molecule is CC(=O)OCC1Cc2ccccc2C(C)N1c1cn2ccccc2n1. The minimum absolute atomic E-state index is 0.0683. The van der Waals surface area contributed by atoms with Gasteiger partial charge in [0.15, 0.2) is 0 Å². The highest BCUT2D eigenvalue weighted by Crippen LogP contribution is 2.36. The molecule has 0 saturated heterocycles. The third kappa shape index (κ3) is 2.86. The second-order valence-electron chi connectivity index (χ2n) is 6.51. The number of hydrogen-bond donors (Lipinski definition) is 0. The number of aromatic nitrogens is 2. The van der Waals surface area contributed by atoms with Crippen molar-refractivity contribution in [3.05, 3.63) is 66.0 Å². The molecule has 128 valence electrons. The van der Waals surface area contributed by atoms with E-state index in [1.807, 2.05) is 35.0 Å². The van der Waals surface area contributed by atoms with Gasteiger partial charge in [-0.15, -0.1) is 0 Å². The number of hydrogen-bond acceptors (Lipinski definition) is 4. The van der Waals surface area contributed by atoms with Crippen molar-refractivity contribution in [2.45, 2.75) is 32.4 Å². The van der Waals surface area contributed by atoms with E-state index in [4.69, 9.17) is 9.72 Å². The molecule has 4 rings (SSSR count). The van der Waals surface area contributed by atoms with Crippen LogP contribution in [0.1, 0.15) is 31.0 Å². The average Bonchev–Trinajstić information content (AvgIpc) is 3.03. The van der Waals surface area contributed by atoms with Crippen LogP contribution < -0.4 is 4.90 Å². The van der Waals surface area contributed by atoms with Gasteiger partial charge in [0.05, 0.1) is 18.3 Å². The molecule has 0 bridgehead atoms. The Labute approximate surface area is 146 Å². The maximum atomic E-state index is 11.3. The average molecular weight is 335 g/mol. The summed E-state index contributed by atoms with van der Waals surface area (Å²) >= 11 is 0. The van der Waals surface area contributed by atoms with Crippen LogP contribution in [0.25, 0.3) is 5.65 Å². The van der Waals surface area contributed by atoms with Crippen LogP contribution in [-0.2, 0) is 16.0 Å². The maximum absolute atomic E-state index is 11.3. The van der Waals surface area contributed by atoms with Gasteiger partial charge >= 0.3 is 5.97 Å². The zero-order valence-electron chi connectivity index (χ0n) is 14.4. The molecule has 1 aromatic carbocycles. The van der Waals surface area contributed by atoms with Gasteiger partial charge in [-0.05, 0) is 36.6 Å². The van der Waals surface area contributed by atoms with Gasteiger partial charge in [0, 0.05) is 13.1 Å². The second-order valence-corrected chi connectivity index (χ2v) is 6.51. The lowest BCUT2D eigenvalue weighted by molar-refractivity contribution is -0.141. The maximum Gasteiger partial charge on any atom is 0.302 e. The third-order valence-corrected chi connectivity index (χ3v) is 4.87. The van der Waals surface area contributed by atoms with Gasteiger partial charge in [-0.3, -0.25) is 4.79 Å². The summed E-state index contributed by atoms with van der Waals surface area (Å²) in [6, 6.07) is 14.7. The monoisotopic (exact) mass is 335 g/mol. The number of pyridine rings is 1. The van der Waals surface area contributed by atoms with Gasteiger partial charge in [0.2, 0.25) is 0 Å². The zero-order chi connectivity index (χ0) is 17.4. The number of carbonyl (C=O) groups excluding carboxylic acids is 1. The smallest absolute Gasteiger partial charge is 0.302 e. The number of benzene rings is 1. The minimum Gasteiger partial charge on any atom is -0.464 e. The molecule has 2 unspecified atom stereocenters. The number of anilines is 1. The van der Waals surface area contributed by atoms with Crippen LogP contribution >= 0.6 is 0 Å². The molecule has 3 heterocycles. The lowest BCUT2D eigenvalue weighted by Crippen LogP contribution is -2.46. The van der Waals surface area contributed by atoms with Crippen LogP contribution in [0.3, 0.4) is 0 Å². The molecule has 1 aliphatic rings. The summed E-state index contributed by atoms with van der Waals surface area (Å²) in [6.07, 6.45) is 4.87. The Morgan fingerprint density at radius 2 is 2.04 bits per heavy atom. The zero-order valence-corrected chi connectivity index (χ0v) is 14.4. The van der Waals surface area contributed by atoms with Gasteiger partial charge < -0.3 is 14.0 Å². The second kappa shape index (κ2) is 6.24. The molecule has 1 aliphatic heterocycles. The highest BCUT2D eigenvalue weighted by molar-refractivity contribution is 5.66. The molecule has 3 aromatic rings. The minimum atomic E-state index is -0.249.